The van der Waals surface area contributed by atoms with Gasteiger partial charge in [0.1, 0.15) is 30.8 Å². The Kier molecular flexibility index (Phi) is 11.4. The van der Waals surface area contributed by atoms with Gasteiger partial charge in [-0.1, -0.05) is 48.5 Å². The number of hydrogen-bond donors (Lipinski definition) is 3. The number of ether oxygens (including phenoxy) is 2. The van der Waals surface area contributed by atoms with E-state index in [-0.39, 0.29) is 25.1 Å². The van der Waals surface area contributed by atoms with Crippen molar-refractivity contribution in [1.29, 1.82) is 0 Å². The number of halogens is 1. The van der Waals surface area contributed by atoms with Gasteiger partial charge in [0, 0.05) is 24.2 Å². The van der Waals surface area contributed by atoms with Crippen molar-refractivity contribution in [2.45, 2.75) is 38.5 Å². The number of aryl methyl sites for hydroxylation is 1. The monoisotopic (exact) mass is 484 g/mol. The van der Waals surface area contributed by atoms with E-state index in [0.29, 0.717) is 24.5 Å². The molecule has 2 atom stereocenters. The lowest BCUT2D eigenvalue weighted by molar-refractivity contribution is 0.1000. The average molecular weight is 485 g/mol. The molecule has 0 radical (unpaired) electrons. The number of rotatable bonds is 13. The smallest absolute Gasteiger partial charge is 0.248 e. The Hall–Kier alpha value is -3.06. The molecule has 182 valence electrons. The van der Waals surface area contributed by atoms with Gasteiger partial charge in [-0.25, -0.2) is 0 Å². The van der Waals surface area contributed by atoms with Crippen LogP contribution in [0.15, 0.2) is 78.9 Å². The van der Waals surface area contributed by atoms with Crippen LogP contribution in [0.25, 0.3) is 0 Å². The van der Waals surface area contributed by atoms with Crippen LogP contribution in [-0.4, -0.2) is 36.3 Å². The Morgan fingerprint density at radius 1 is 0.941 bits per heavy atom. The molecule has 0 aromatic heterocycles. The maximum Gasteiger partial charge on any atom is 0.248 e. The van der Waals surface area contributed by atoms with Crippen molar-refractivity contribution in [3.05, 3.63) is 95.6 Å². The lowest BCUT2D eigenvalue weighted by Crippen LogP contribution is -2.36. The normalized spacial score (nSPS) is 12.3. The summed E-state index contributed by atoms with van der Waals surface area (Å²) in [5.41, 5.74) is 8.03. The fourth-order valence-corrected chi connectivity index (χ4v) is 3.30. The van der Waals surface area contributed by atoms with Crippen molar-refractivity contribution in [2.24, 2.45) is 5.73 Å². The van der Waals surface area contributed by atoms with Crippen LogP contribution in [0.1, 0.15) is 34.8 Å². The molecule has 0 bridgehead atoms. The maximum atomic E-state index is 11.1. The first-order valence-electron chi connectivity index (χ1n) is 11.2. The largest absolute Gasteiger partial charge is 0.491 e. The summed E-state index contributed by atoms with van der Waals surface area (Å²) >= 11 is 0. The van der Waals surface area contributed by atoms with Crippen LogP contribution in [0.5, 0.6) is 11.5 Å². The summed E-state index contributed by atoms with van der Waals surface area (Å²) in [6.07, 6.45) is 1.15. The van der Waals surface area contributed by atoms with Crippen molar-refractivity contribution < 1.29 is 19.4 Å². The van der Waals surface area contributed by atoms with Gasteiger partial charge in [-0.2, -0.15) is 0 Å². The highest BCUT2D eigenvalue weighted by Gasteiger charge is 2.09. The Balaban J connectivity index is 0.00000408. The number of carbonyl (C=O) groups excluding carboxylic acids is 1. The number of hydrogen-bond acceptors (Lipinski definition) is 5. The lowest BCUT2D eigenvalue weighted by atomic mass is 10.0. The molecule has 3 aromatic rings. The molecule has 0 aliphatic rings. The average Bonchev–Trinajstić information content (AvgIpc) is 2.85. The first-order valence-corrected chi connectivity index (χ1v) is 11.2. The Morgan fingerprint density at radius 3 is 2.29 bits per heavy atom. The molecule has 1 amide bonds. The highest BCUT2D eigenvalue weighted by atomic mass is 35.5. The molecule has 0 spiro atoms. The fraction of sp³-hybridized carbons (Fsp3) is 0.296. The minimum Gasteiger partial charge on any atom is -0.491 e. The van der Waals surface area contributed by atoms with Crippen LogP contribution in [-0.2, 0) is 13.0 Å². The number of primary amides is 1. The molecule has 6 nitrogen and oxygen atoms in total. The third-order valence-corrected chi connectivity index (χ3v) is 5.30. The van der Waals surface area contributed by atoms with Gasteiger partial charge in [-0.3, -0.25) is 4.79 Å². The van der Waals surface area contributed by atoms with E-state index < -0.39 is 12.0 Å². The van der Waals surface area contributed by atoms with Gasteiger partial charge in [-0.15, -0.1) is 12.4 Å². The van der Waals surface area contributed by atoms with E-state index in [0.717, 1.165) is 29.7 Å². The summed E-state index contributed by atoms with van der Waals surface area (Å²) in [7, 11) is 0. The second kappa shape index (κ2) is 14.3. The molecular formula is C27H33ClN2O4. The Morgan fingerprint density at radius 2 is 1.62 bits per heavy atom. The van der Waals surface area contributed by atoms with Gasteiger partial charge in [-0.05, 0) is 55.2 Å². The summed E-state index contributed by atoms with van der Waals surface area (Å²) < 4.78 is 11.6. The molecule has 7 heteroatoms. The number of carbonyl (C=O) groups is 1. The number of amides is 1. The lowest BCUT2D eigenvalue weighted by Gasteiger charge is -2.18. The zero-order valence-corrected chi connectivity index (χ0v) is 20.2. The zero-order chi connectivity index (χ0) is 23.5. The van der Waals surface area contributed by atoms with Gasteiger partial charge in [0.05, 0.1) is 0 Å². The van der Waals surface area contributed by atoms with Crippen LogP contribution in [0.3, 0.4) is 0 Å². The van der Waals surface area contributed by atoms with Gasteiger partial charge < -0.3 is 25.6 Å². The maximum absolute atomic E-state index is 11.1. The Labute approximate surface area is 207 Å². The molecule has 0 saturated carbocycles. The SMILES string of the molecule is CC(CCc1ccc(C(N)=O)cc1)NC[C@@H](O)COc1cccc(OCc2ccccc2)c1.Cl. The van der Waals surface area contributed by atoms with Crippen molar-refractivity contribution in [3.8, 4) is 11.5 Å². The summed E-state index contributed by atoms with van der Waals surface area (Å²) in [4.78, 5) is 11.1. The predicted octanol–water partition coefficient (Wildman–Crippen LogP) is 4.14. The van der Waals surface area contributed by atoms with Crippen LogP contribution in [0.4, 0.5) is 0 Å². The van der Waals surface area contributed by atoms with Crippen molar-refractivity contribution in [2.75, 3.05) is 13.2 Å². The number of aliphatic hydroxyl groups is 1. The summed E-state index contributed by atoms with van der Waals surface area (Å²) in [5, 5.41) is 13.6. The van der Waals surface area contributed by atoms with E-state index in [4.69, 9.17) is 15.2 Å². The van der Waals surface area contributed by atoms with E-state index in [1.165, 1.54) is 0 Å². The van der Waals surface area contributed by atoms with E-state index in [1.54, 1.807) is 12.1 Å². The van der Waals surface area contributed by atoms with Crippen LogP contribution in [0, 0.1) is 0 Å². The van der Waals surface area contributed by atoms with Crippen molar-refractivity contribution in [3.63, 3.8) is 0 Å². The second-order valence-electron chi connectivity index (χ2n) is 8.12. The molecule has 0 saturated heterocycles. The number of benzene rings is 3. The second-order valence-corrected chi connectivity index (χ2v) is 8.12. The van der Waals surface area contributed by atoms with Crippen molar-refractivity contribution in [1.82, 2.24) is 5.32 Å². The topological polar surface area (TPSA) is 93.8 Å². The van der Waals surface area contributed by atoms with Gasteiger partial charge >= 0.3 is 0 Å². The molecule has 0 aliphatic heterocycles. The van der Waals surface area contributed by atoms with Gasteiger partial charge in [0.25, 0.3) is 0 Å². The van der Waals surface area contributed by atoms with Crippen LogP contribution < -0.4 is 20.5 Å². The molecule has 0 aliphatic carbocycles. The number of aliphatic hydroxyl groups excluding tert-OH is 1. The summed E-state index contributed by atoms with van der Waals surface area (Å²) in [6, 6.07) is 25.0. The van der Waals surface area contributed by atoms with E-state index in [2.05, 4.69) is 12.2 Å². The van der Waals surface area contributed by atoms with E-state index >= 15 is 0 Å². The number of nitrogens with two attached hydrogens (primary N) is 1. The van der Waals surface area contributed by atoms with Gasteiger partial charge in [0.2, 0.25) is 5.91 Å². The Bertz CT molecular complexity index is 999. The molecular weight excluding hydrogens is 452 g/mol. The molecule has 4 N–H and O–H groups in total. The standard InChI is InChI=1S/C27H32N2O4.ClH/c1-20(10-11-21-12-14-23(15-13-21)27(28)31)29-17-24(30)19-33-26-9-5-8-25(16-26)32-18-22-6-3-2-4-7-22;/h2-9,12-16,20,24,29-30H,10-11,17-19H2,1H3,(H2,28,31);1H/t20?,24-;/m1./s1. The van der Waals surface area contributed by atoms with Crippen LogP contribution in [0.2, 0.25) is 0 Å². The first-order chi connectivity index (χ1) is 16.0. The number of nitrogens with one attached hydrogen (secondary N) is 1. The molecule has 3 aromatic carbocycles. The highest BCUT2D eigenvalue weighted by Crippen LogP contribution is 2.20. The summed E-state index contributed by atoms with van der Waals surface area (Å²) in [6.45, 7) is 3.20. The quantitative estimate of drug-likeness (QED) is 0.339. The molecule has 34 heavy (non-hydrogen) atoms. The van der Waals surface area contributed by atoms with Crippen molar-refractivity contribution >= 4 is 18.3 Å². The molecule has 0 fully saturated rings. The van der Waals surface area contributed by atoms with E-state index in [1.807, 2.05) is 66.7 Å². The third kappa shape index (κ3) is 9.43. The molecule has 3 rings (SSSR count). The predicted molar refractivity (Wildman–Crippen MR) is 137 cm³/mol. The van der Waals surface area contributed by atoms with E-state index in [9.17, 15) is 9.90 Å². The summed E-state index contributed by atoms with van der Waals surface area (Å²) in [5.74, 6) is 0.966. The third-order valence-electron chi connectivity index (χ3n) is 5.30. The fourth-order valence-electron chi connectivity index (χ4n) is 3.30. The van der Waals surface area contributed by atoms with Gasteiger partial charge in [0.15, 0.2) is 0 Å². The first kappa shape index (κ1) is 27.2. The highest BCUT2D eigenvalue weighted by molar-refractivity contribution is 5.92. The minimum absolute atomic E-state index is 0. The van der Waals surface area contributed by atoms with Crippen LogP contribution >= 0.6 is 12.4 Å². The molecule has 0 heterocycles. The minimum atomic E-state index is -0.629. The molecule has 1 unspecified atom stereocenters. The zero-order valence-electron chi connectivity index (χ0n) is 19.4.